The molecular weight excluding hydrogens is 286 g/mol. The highest BCUT2D eigenvalue weighted by Crippen LogP contribution is 2.17. The molecule has 0 unspecified atom stereocenters. The van der Waals surface area contributed by atoms with E-state index in [1.807, 2.05) is 12.1 Å². The van der Waals surface area contributed by atoms with Crippen molar-refractivity contribution in [2.24, 2.45) is 4.99 Å². The fraction of sp³-hybridized carbons (Fsp3) is 0.0625. The molecule has 2 rings (SSSR count). The van der Waals surface area contributed by atoms with Crippen molar-refractivity contribution >= 4 is 35.1 Å². The van der Waals surface area contributed by atoms with E-state index in [2.05, 4.69) is 10.3 Å². The van der Waals surface area contributed by atoms with Crippen LogP contribution in [0.3, 0.4) is 0 Å². The standard InChI is InChI=1S/C16H12ClN3O/c17-13-3-1-12(2-4-13)11-19-14-5-7-15(8-6-14)20-16(21)9-10-18/h1-8,11H,9H2,(H,20,21). The predicted molar refractivity (Wildman–Crippen MR) is 84.0 cm³/mol. The Bertz CT molecular complexity index is 685. The molecule has 0 fully saturated rings. The molecule has 0 aliphatic heterocycles. The highest BCUT2D eigenvalue weighted by atomic mass is 35.5. The summed E-state index contributed by atoms with van der Waals surface area (Å²) in [4.78, 5) is 15.6. The van der Waals surface area contributed by atoms with Gasteiger partial charge >= 0.3 is 0 Å². The van der Waals surface area contributed by atoms with Gasteiger partial charge in [0, 0.05) is 16.9 Å². The number of amides is 1. The Morgan fingerprint density at radius 2 is 1.86 bits per heavy atom. The van der Waals surface area contributed by atoms with E-state index in [1.54, 1.807) is 48.7 Å². The summed E-state index contributed by atoms with van der Waals surface area (Å²) in [5, 5.41) is 11.7. The molecule has 0 saturated carbocycles. The summed E-state index contributed by atoms with van der Waals surface area (Å²) in [5.74, 6) is -0.324. The number of benzene rings is 2. The first kappa shape index (κ1) is 14.8. The van der Waals surface area contributed by atoms with Crippen LogP contribution in [0, 0.1) is 11.3 Å². The van der Waals surface area contributed by atoms with Crippen molar-refractivity contribution in [1.29, 1.82) is 5.26 Å². The Morgan fingerprint density at radius 1 is 1.19 bits per heavy atom. The Kier molecular flexibility index (Phi) is 5.08. The highest BCUT2D eigenvalue weighted by molar-refractivity contribution is 6.30. The van der Waals surface area contributed by atoms with E-state index in [0.29, 0.717) is 10.7 Å². The van der Waals surface area contributed by atoms with Crippen LogP contribution in [0.25, 0.3) is 0 Å². The smallest absolute Gasteiger partial charge is 0.238 e. The van der Waals surface area contributed by atoms with Crippen molar-refractivity contribution in [2.75, 3.05) is 5.32 Å². The number of nitriles is 1. The molecular formula is C16H12ClN3O. The predicted octanol–water partition coefficient (Wildman–Crippen LogP) is 3.94. The lowest BCUT2D eigenvalue weighted by Gasteiger charge is -2.02. The summed E-state index contributed by atoms with van der Waals surface area (Å²) in [6.45, 7) is 0. The fourth-order valence-corrected chi connectivity index (χ4v) is 1.73. The molecule has 0 heterocycles. The fourth-order valence-electron chi connectivity index (χ4n) is 1.61. The molecule has 4 nitrogen and oxygen atoms in total. The lowest BCUT2D eigenvalue weighted by Crippen LogP contribution is -2.09. The third-order valence-electron chi connectivity index (χ3n) is 2.62. The van der Waals surface area contributed by atoms with Crippen LogP contribution in [0.4, 0.5) is 11.4 Å². The van der Waals surface area contributed by atoms with Crippen LogP contribution < -0.4 is 5.32 Å². The first-order chi connectivity index (χ1) is 10.2. The minimum atomic E-state index is -0.324. The van der Waals surface area contributed by atoms with Gasteiger partial charge < -0.3 is 5.32 Å². The minimum absolute atomic E-state index is 0.156. The second-order valence-corrected chi connectivity index (χ2v) is 4.68. The second-order valence-electron chi connectivity index (χ2n) is 4.24. The van der Waals surface area contributed by atoms with Gasteiger partial charge in [0.25, 0.3) is 0 Å². The van der Waals surface area contributed by atoms with E-state index in [4.69, 9.17) is 16.9 Å². The second kappa shape index (κ2) is 7.22. The first-order valence-electron chi connectivity index (χ1n) is 6.24. The monoisotopic (exact) mass is 297 g/mol. The maximum absolute atomic E-state index is 11.3. The normalized spacial score (nSPS) is 10.3. The van der Waals surface area contributed by atoms with Gasteiger partial charge in [-0.3, -0.25) is 9.79 Å². The first-order valence-corrected chi connectivity index (χ1v) is 6.61. The van der Waals surface area contributed by atoms with Crippen molar-refractivity contribution in [3.05, 3.63) is 59.1 Å². The van der Waals surface area contributed by atoms with Gasteiger partial charge in [0.2, 0.25) is 5.91 Å². The maximum Gasteiger partial charge on any atom is 0.238 e. The van der Waals surface area contributed by atoms with Crippen molar-refractivity contribution in [2.45, 2.75) is 6.42 Å². The molecule has 21 heavy (non-hydrogen) atoms. The molecule has 0 aliphatic carbocycles. The molecule has 0 aliphatic rings. The van der Waals surface area contributed by atoms with Crippen molar-refractivity contribution in [1.82, 2.24) is 0 Å². The molecule has 0 bridgehead atoms. The molecule has 0 saturated heterocycles. The van der Waals surface area contributed by atoms with Crippen LogP contribution >= 0.6 is 11.6 Å². The number of hydrogen-bond acceptors (Lipinski definition) is 3. The van der Waals surface area contributed by atoms with Crippen LogP contribution in [-0.4, -0.2) is 12.1 Å². The van der Waals surface area contributed by atoms with Crippen LogP contribution in [-0.2, 0) is 4.79 Å². The number of nitrogens with zero attached hydrogens (tertiary/aromatic N) is 2. The summed E-state index contributed by atoms with van der Waals surface area (Å²) in [6.07, 6.45) is 1.58. The van der Waals surface area contributed by atoms with Crippen molar-refractivity contribution < 1.29 is 4.79 Å². The van der Waals surface area contributed by atoms with Gasteiger partial charge in [0.15, 0.2) is 0 Å². The molecule has 1 N–H and O–H groups in total. The molecule has 5 heteroatoms. The zero-order chi connectivity index (χ0) is 15.1. The number of hydrogen-bond donors (Lipinski definition) is 1. The highest BCUT2D eigenvalue weighted by Gasteiger charge is 2.00. The molecule has 2 aromatic carbocycles. The zero-order valence-corrected chi connectivity index (χ0v) is 11.8. The molecule has 104 valence electrons. The van der Waals surface area contributed by atoms with Crippen molar-refractivity contribution in [3.63, 3.8) is 0 Å². The zero-order valence-electron chi connectivity index (χ0n) is 11.1. The van der Waals surface area contributed by atoms with E-state index in [0.717, 1.165) is 11.3 Å². The van der Waals surface area contributed by atoms with Crippen LogP contribution in [0.2, 0.25) is 5.02 Å². The largest absolute Gasteiger partial charge is 0.325 e. The SMILES string of the molecule is N#CCC(=O)Nc1ccc(N=Cc2ccc(Cl)cc2)cc1. The third kappa shape index (κ3) is 4.75. The minimum Gasteiger partial charge on any atom is -0.325 e. The summed E-state index contributed by atoms with van der Waals surface area (Å²) in [7, 11) is 0. The van der Waals surface area contributed by atoms with E-state index in [9.17, 15) is 4.79 Å². The molecule has 0 aromatic heterocycles. The Labute approximate surface area is 127 Å². The van der Waals surface area contributed by atoms with E-state index in [1.165, 1.54) is 0 Å². The van der Waals surface area contributed by atoms with Gasteiger partial charge in [-0.15, -0.1) is 0 Å². The summed E-state index contributed by atoms with van der Waals surface area (Å²) in [5.41, 5.74) is 2.36. The molecule has 1 amide bonds. The third-order valence-corrected chi connectivity index (χ3v) is 2.88. The summed E-state index contributed by atoms with van der Waals surface area (Å²) < 4.78 is 0. The lowest BCUT2D eigenvalue weighted by atomic mass is 10.2. The van der Waals surface area contributed by atoms with E-state index in [-0.39, 0.29) is 12.3 Å². The molecule has 0 atom stereocenters. The van der Waals surface area contributed by atoms with Gasteiger partial charge in [0.1, 0.15) is 6.42 Å². The number of carbonyl (C=O) groups excluding carboxylic acids is 1. The van der Waals surface area contributed by atoms with Gasteiger partial charge in [-0.1, -0.05) is 23.7 Å². The average Bonchev–Trinajstić information content (AvgIpc) is 2.48. The topological polar surface area (TPSA) is 65.2 Å². The Balaban J connectivity index is 2.00. The maximum atomic E-state index is 11.3. The summed E-state index contributed by atoms with van der Waals surface area (Å²) >= 11 is 5.81. The van der Waals surface area contributed by atoms with Crippen LogP contribution in [0.1, 0.15) is 12.0 Å². The molecule has 0 radical (unpaired) electrons. The van der Waals surface area contributed by atoms with Gasteiger partial charge in [-0.2, -0.15) is 5.26 Å². The average molecular weight is 298 g/mol. The summed E-state index contributed by atoms with van der Waals surface area (Å²) in [6, 6.07) is 16.2. The number of carbonyl (C=O) groups is 1. The lowest BCUT2D eigenvalue weighted by molar-refractivity contribution is -0.115. The van der Waals surface area contributed by atoms with Gasteiger partial charge in [-0.05, 0) is 42.0 Å². The number of anilines is 1. The van der Waals surface area contributed by atoms with E-state index >= 15 is 0 Å². The van der Waals surface area contributed by atoms with Crippen LogP contribution in [0.15, 0.2) is 53.5 Å². The Morgan fingerprint density at radius 3 is 2.48 bits per heavy atom. The van der Waals surface area contributed by atoms with Gasteiger partial charge in [0.05, 0.1) is 11.8 Å². The van der Waals surface area contributed by atoms with Crippen LogP contribution in [0.5, 0.6) is 0 Å². The molecule has 2 aromatic rings. The number of halogens is 1. The Hall–Kier alpha value is -2.64. The quantitative estimate of drug-likeness (QED) is 0.869. The number of rotatable bonds is 4. The van der Waals surface area contributed by atoms with Gasteiger partial charge in [-0.25, -0.2) is 0 Å². The molecule has 0 spiro atoms. The number of nitrogens with one attached hydrogen (secondary N) is 1. The number of aliphatic imine (C=N–C) groups is 1. The van der Waals surface area contributed by atoms with Crippen molar-refractivity contribution in [3.8, 4) is 6.07 Å². The van der Waals surface area contributed by atoms with E-state index < -0.39 is 0 Å².